The first kappa shape index (κ1) is 14.4. The summed E-state index contributed by atoms with van der Waals surface area (Å²) in [6.07, 6.45) is 8.13. The van der Waals surface area contributed by atoms with Crippen molar-refractivity contribution in [3.05, 3.63) is 29.8 Å². The first-order valence-corrected chi connectivity index (χ1v) is 8.00. The van der Waals surface area contributed by atoms with Gasteiger partial charge in [0.25, 0.3) is 0 Å². The topological polar surface area (TPSA) is 9.23 Å². The molecule has 0 N–H and O–H groups in total. The van der Waals surface area contributed by atoms with E-state index in [4.69, 9.17) is 4.74 Å². The molecule has 0 spiro atoms. The second kappa shape index (κ2) is 6.98. The third-order valence-electron chi connectivity index (χ3n) is 4.36. The van der Waals surface area contributed by atoms with E-state index in [1.165, 1.54) is 44.1 Å². The van der Waals surface area contributed by atoms with E-state index in [9.17, 15) is 0 Å². The van der Waals surface area contributed by atoms with E-state index in [-0.39, 0.29) is 0 Å². The van der Waals surface area contributed by atoms with Crippen molar-refractivity contribution >= 4 is 0 Å². The number of hydrogen-bond donors (Lipinski definition) is 0. The standard InChI is InChI=1S/C18H28O/c1-4-6-8-16-13-14(3)18(16)19-17-11-9-15(7-5-2)10-12-17/h9-12,14,16,18H,4-8,13H2,1-3H3/t14?,16?,18-/m0/s1. The Kier molecular flexibility index (Phi) is 5.30. The van der Waals surface area contributed by atoms with Gasteiger partial charge in [0.1, 0.15) is 11.9 Å². The van der Waals surface area contributed by atoms with Crippen LogP contribution in [0.3, 0.4) is 0 Å². The quantitative estimate of drug-likeness (QED) is 0.652. The van der Waals surface area contributed by atoms with Crippen molar-refractivity contribution in [1.29, 1.82) is 0 Å². The van der Waals surface area contributed by atoms with Crippen LogP contribution in [0.2, 0.25) is 0 Å². The van der Waals surface area contributed by atoms with Gasteiger partial charge in [0, 0.05) is 0 Å². The number of hydrogen-bond acceptors (Lipinski definition) is 1. The van der Waals surface area contributed by atoms with E-state index in [1.54, 1.807) is 0 Å². The fourth-order valence-electron chi connectivity index (χ4n) is 3.16. The van der Waals surface area contributed by atoms with Crippen LogP contribution in [0.1, 0.15) is 58.4 Å². The molecule has 106 valence electrons. The number of rotatable bonds is 7. The summed E-state index contributed by atoms with van der Waals surface area (Å²) in [5.74, 6) is 2.56. The summed E-state index contributed by atoms with van der Waals surface area (Å²) in [6, 6.07) is 8.71. The molecule has 1 fully saturated rings. The highest BCUT2D eigenvalue weighted by Gasteiger charge is 2.39. The smallest absolute Gasteiger partial charge is 0.119 e. The van der Waals surface area contributed by atoms with Crippen LogP contribution in [0.4, 0.5) is 0 Å². The van der Waals surface area contributed by atoms with Crippen LogP contribution in [-0.2, 0) is 6.42 Å². The lowest BCUT2D eigenvalue weighted by atomic mass is 9.70. The van der Waals surface area contributed by atoms with Crippen LogP contribution in [-0.4, -0.2) is 6.10 Å². The van der Waals surface area contributed by atoms with Crippen molar-refractivity contribution in [2.24, 2.45) is 11.8 Å². The largest absolute Gasteiger partial charge is 0.490 e. The first-order valence-electron chi connectivity index (χ1n) is 8.00. The van der Waals surface area contributed by atoms with Crippen molar-refractivity contribution in [2.45, 2.75) is 65.4 Å². The average molecular weight is 260 g/mol. The zero-order valence-electron chi connectivity index (χ0n) is 12.7. The molecule has 0 saturated heterocycles. The van der Waals surface area contributed by atoms with Crippen molar-refractivity contribution in [3.63, 3.8) is 0 Å². The Morgan fingerprint density at radius 2 is 1.84 bits per heavy atom. The van der Waals surface area contributed by atoms with E-state index in [0.717, 1.165) is 17.6 Å². The molecule has 0 aliphatic heterocycles. The van der Waals surface area contributed by atoms with Gasteiger partial charge in [-0.05, 0) is 48.8 Å². The second-order valence-corrected chi connectivity index (χ2v) is 6.09. The highest BCUT2D eigenvalue weighted by molar-refractivity contribution is 5.27. The van der Waals surface area contributed by atoms with Crippen LogP contribution in [0.25, 0.3) is 0 Å². The van der Waals surface area contributed by atoms with Gasteiger partial charge in [-0.2, -0.15) is 0 Å². The minimum absolute atomic E-state index is 0.448. The van der Waals surface area contributed by atoms with Crippen molar-refractivity contribution in [3.8, 4) is 5.75 Å². The number of unbranched alkanes of at least 4 members (excludes halogenated alkanes) is 1. The highest BCUT2D eigenvalue weighted by Crippen LogP contribution is 2.40. The predicted octanol–water partition coefficient (Wildman–Crippen LogP) is 5.23. The zero-order valence-corrected chi connectivity index (χ0v) is 12.7. The van der Waals surface area contributed by atoms with E-state index in [0.29, 0.717) is 6.10 Å². The highest BCUT2D eigenvalue weighted by atomic mass is 16.5. The van der Waals surface area contributed by atoms with Crippen molar-refractivity contribution in [2.75, 3.05) is 0 Å². The van der Waals surface area contributed by atoms with Gasteiger partial charge in [0.15, 0.2) is 0 Å². The lowest BCUT2D eigenvalue weighted by Crippen LogP contribution is -2.44. The predicted molar refractivity (Wildman–Crippen MR) is 81.6 cm³/mol. The second-order valence-electron chi connectivity index (χ2n) is 6.09. The summed E-state index contributed by atoms with van der Waals surface area (Å²) in [5, 5.41) is 0. The van der Waals surface area contributed by atoms with E-state index < -0.39 is 0 Å². The summed E-state index contributed by atoms with van der Waals surface area (Å²) in [7, 11) is 0. The monoisotopic (exact) mass is 260 g/mol. The van der Waals surface area contributed by atoms with Gasteiger partial charge in [-0.3, -0.25) is 0 Å². The Morgan fingerprint density at radius 1 is 1.11 bits per heavy atom. The van der Waals surface area contributed by atoms with Gasteiger partial charge in [0.05, 0.1) is 0 Å². The van der Waals surface area contributed by atoms with E-state index >= 15 is 0 Å². The van der Waals surface area contributed by atoms with Crippen LogP contribution in [0, 0.1) is 11.8 Å². The molecular formula is C18H28O. The SMILES string of the molecule is CCCCC1CC(C)[C@@H]1Oc1ccc(CCC)cc1. The van der Waals surface area contributed by atoms with Gasteiger partial charge >= 0.3 is 0 Å². The van der Waals surface area contributed by atoms with Crippen molar-refractivity contribution < 1.29 is 4.74 Å². The molecule has 0 aromatic heterocycles. The van der Waals surface area contributed by atoms with Crippen LogP contribution in [0.15, 0.2) is 24.3 Å². The minimum Gasteiger partial charge on any atom is -0.490 e. The van der Waals surface area contributed by atoms with Gasteiger partial charge in [-0.25, -0.2) is 0 Å². The molecule has 1 aliphatic rings. The fraction of sp³-hybridized carbons (Fsp3) is 0.667. The summed E-state index contributed by atoms with van der Waals surface area (Å²) in [5.41, 5.74) is 1.42. The zero-order chi connectivity index (χ0) is 13.7. The van der Waals surface area contributed by atoms with Gasteiger partial charge in [-0.1, -0.05) is 52.2 Å². The van der Waals surface area contributed by atoms with E-state index in [2.05, 4.69) is 45.0 Å². The van der Waals surface area contributed by atoms with Crippen LogP contribution in [0.5, 0.6) is 5.75 Å². The maximum atomic E-state index is 6.21. The Bertz CT molecular complexity index is 368. The molecule has 0 radical (unpaired) electrons. The van der Waals surface area contributed by atoms with E-state index in [1.807, 2.05) is 0 Å². The van der Waals surface area contributed by atoms with Gasteiger partial charge in [-0.15, -0.1) is 0 Å². The molecule has 0 bridgehead atoms. The van der Waals surface area contributed by atoms with Gasteiger partial charge < -0.3 is 4.74 Å². The number of aryl methyl sites for hydroxylation is 1. The molecule has 3 atom stereocenters. The lowest BCUT2D eigenvalue weighted by Gasteiger charge is -2.43. The molecule has 0 heterocycles. The number of ether oxygens (including phenoxy) is 1. The first-order chi connectivity index (χ1) is 9.24. The Morgan fingerprint density at radius 3 is 2.42 bits per heavy atom. The molecule has 2 unspecified atom stereocenters. The molecule has 1 saturated carbocycles. The maximum absolute atomic E-state index is 6.21. The molecule has 19 heavy (non-hydrogen) atoms. The van der Waals surface area contributed by atoms with Gasteiger partial charge in [0.2, 0.25) is 0 Å². The molecule has 1 nitrogen and oxygen atoms in total. The van der Waals surface area contributed by atoms with Crippen molar-refractivity contribution in [1.82, 2.24) is 0 Å². The molecule has 1 aromatic carbocycles. The normalized spacial score (nSPS) is 25.9. The number of benzene rings is 1. The molecule has 1 heteroatoms. The molecule has 1 aliphatic carbocycles. The minimum atomic E-state index is 0.448. The Balaban J connectivity index is 1.88. The molecule has 2 rings (SSSR count). The third kappa shape index (κ3) is 3.75. The maximum Gasteiger partial charge on any atom is 0.119 e. The molecule has 0 amide bonds. The fourth-order valence-corrected chi connectivity index (χ4v) is 3.16. The van der Waals surface area contributed by atoms with Crippen LogP contribution >= 0.6 is 0 Å². The summed E-state index contributed by atoms with van der Waals surface area (Å²) in [6.45, 7) is 6.81. The molecular weight excluding hydrogens is 232 g/mol. The Hall–Kier alpha value is -0.980. The third-order valence-corrected chi connectivity index (χ3v) is 4.36. The Labute approximate surface area is 118 Å². The van der Waals surface area contributed by atoms with Crippen LogP contribution < -0.4 is 4.74 Å². The molecule has 1 aromatic rings. The lowest BCUT2D eigenvalue weighted by molar-refractivity contribution is -0.0167. The summed E-state index contributed by atoms with van der Waals surface area (Å²) >= 11 is 0. The average Bonchev–Trinajstić information content (AvgIpc) is 2.43. The summed E-state index contributed by atoms with van der Waals surface area (Å²) in [4.78, 5) is 0. The summed E-state index contributed by atoms with van der Waals surface area (Å²) < 4.78 is 6.21.